The topological polar surface area (TPSA) is 74.9 Å². The van der Waals surface area contributed by atoms with Crippen LogP contribution in [0, 0.1) is 0 Å². The van der Waals surface area contributed by atoms with E-state index in [1.54, 1.807) is 31.5 Å². The molecule has 0 saturated carbocycles. The second-order valence-corrected chi connectivity index (χ2v) is 7.36. The maximum absolute atomic E-state index is 12.7. The van der Waals surface area contributed by atoms with Crippen LogP contribution in [0.2, 0.25) is 0 Å². The maximum atomic E-state index is 12.7. The molecule has 168 valence electrons. The van der Waals surface area contributed by atoms with Crippen molar-refractivity contribution < 1.29 is 17.9 Å². The van der Waals surface area contributed by atoms with E-state index in [9.17, 15) is 8.78 Å². The molecule has 1 fully saturated rings. The Kier molecular flexibility index (Phi) is 6.84. The highest BCUT2D eigenvalue weighted by Crippen LogP contribution is 2.31. The number of oxazole rings is 1. The number of nitrogens with one attached hydrogen (secondary N) is 2. The van der Waals surface area contributed by atoms with Crippen LogP contribution in [0.15, 0.2) is 70.3 Å². The van der Waals surface area contributed by atoms with E-state index in [1.165, 1.54) is 0 Å². The maximum Gasteiger partial charge on any atom is 0.387 e. The van der Waals surface area contributed by atoms with Gasteiger partial charge in [0.1, 0.15) is 12.0 Å². The van der Waals surface area contributed by atoms with Crippen molar-refractivity contribution in [3.63, 3.8) is 0 Å². The molecule has 0 radical (unpaired) electrons. The van der Waals surface area contributed by atoms with E-state index in [-0.39, 0.29) is 11.8 Å². The highest BCUT2D eigenvalue weighted by Gasteiger charge is 2.26. The van der Waals surface area contributed by atoms with Crippen molar-refractivity contribution in [3.8, 4) is 17.2 Å². The van der Waals surface area contributed by atoms with E-state index >= 15 is 0 Å². The molecule has 0 aliphatic carbocycles. The molecule has 0 amide bonds. The molecule has 4 rings (SSSR count). The van der Waals surface area contributed by atoms with Crippen LogP contribution in [-0.4, -0.2) is 43.7 Å². The molecule has 1 aromatic heterocycles. The first kappa shape index (κ1) is 21.6. The molecule has 1 aliphatic heterocycles. The summed E-state index contributed by atoms with van der Waals surface area (Å²) >= 11 is 0. The lowest BCUT2D eigenvalue weighted by Gasteiger charge is -2.22. The van der Waals surface area contributed by atoms with Gasteiger partial charge >= 0.3 is 6.61 Å². The van der Waals surface area contributed by atoms with Crippen molar-refractivity contribution in [2.45, 2.75) is 25.6 Å². The Morgan fingerprint density at radius 2 is 2.00 bits per heavy atom. The van der Waals surface area contributed by atoms with Gasteiger partial charge in [-0.05, 0) is 30.7 Å². The summed E-state index contributed by atoms with van der Waals surface area (Å²) in [4.78, 5) is 10.8. The number of para-hydroxylation sites is 2. The normalized spacial score (nSPS) is 16.4. The number of hydrogen-bond donors (Lipinski definition) is 2. The van der Waals surface area contributed by atoms with Crippen molar-refractivity contribution in [1.82, 2.24) is 15.6 Å². The summed E-state index contributed by atoms with van der Waals surface area (Å²) < 4.78 is 35.7. The summed E-state index contributed by atoms with van der Waals surface area (Å²) in [5, 5.41) is 6.63. The van der Waals surface area contributed by atoms with Crippen LogP contribution in [0.4, 0.5) is 14.5 Å². The van der Waals surface area contributed by atoms with Crippen LogP contribution < -0.4 is 20.3 Å². The summed E-state index contributed by atoms with van der Waals surface area (Å²) in [5.41, 5.74) is 2.34. The number of rotatable bonds is 7. The van der Waals surface area contributed by atoms with E-state index in [4.69, 9.17) is 4.42 Å². The summed E-state index contributed by atoms with van der Waals surface area (Å²) in [6, 6.07) is 16.7. The Balaban J connectivity index is 1.31. The third-order valence-corrected chi connectivity index (χ3v) is 5.18. The lowest BCUT2D eigenvalue weighted by Crippen LogP contribution is -2.44. The number of benzene rings is 2. The van der Waals surface area contributed by atoms with Crippen LogP contribution in [-0.2, 0) is 6.54 Å². The largest absolute Gasteiger partial charge is 0.444 e. The number of guanidine groups is 1. The van der Waals surface area contributed by atoms with Crippen LogP contribution in [0.3, 0.4) is 0 Å². The quantitative estimate of drug-likeness (QED) is 0.428. The first-order chi connectivity index (χ1) is 15.6. The first-order valence-corrected chi connectivity index (χ1v) is 10.4. The van der Waals surface area contributed by atoms with Crippen molar-refractivity contribution in [2.75, 3.05) is 25.0 Å². The fraction of sp³-hybridized carbons (Fsp3) is 0.304. The van der Waals surface area contributed by atoms with Crippen molar-refractivity contribution in [2.24, 2.45) is 4.99 Å². The van der Waals surface area contributed by atoms with Gasteiger partial charge in [0, 0.05) is 31.7 Å². The van der Waals surface area contributed by atoms with Gasteiger partial charge in [0.15, 0.2) is 5.96 Å². The lowest BCUT2D eigenvalue weighted by molar-refractivity contribution is -0.0495. The molecule has 1 atom stereocenters. The number of anilines is 1. The molecule has 3 aromatic rings. The number of halogens is 2. The molecule has 1 aliphatic rings. The van der Waals surface area contributed by atoms with Gasteiger partial charge in [-0.2, -0.15) is 8.78 Å². The molecule has 1 unspecified atom stereocenters. The number of alkyl halides is 2. The molecule has 9 heteroatoms. The Hall–Kier alpha value is -3.62. The van der Waals surface area contributed by atoms with Crippen LogP contribution in [0.1, 0.15) is 12.1 Å². The van der Waals surface area contributed by atoms with Crippen LogP contribution in [0.5, 0.6) is 5.75 Å². The highest BCUT2D eigenvalue weighted by atomic mass is 19.3. The highest BCUT2D eigenvalue weighted by molar-refractivity contribution is 5.80. The van der Waals surface area contributed by atoms with Gasteiger partial charge in [-0.15, -0.1) is 0 Å². The van der Waals surface area contributed by atoms with Crippen molar-refractivity contribution >= 4 is 11.6 Å². The third-order valence-electron chi connectivity index (χ3n) is 5.18. The van der Waals surface area contributed by atoms with Gasteiger partial charge in [0.05, 0.1) is 17.9 Å². The standard InChI is InChI=1S/C23H25F2N5O2/c1-26-23(27-13-18-15-31-21(28-18)16-7-3-2-4-8-16)29-17-11-12-30(14-17)19-9-5-6-10-20(19)32-22(24)25/h2-10,15,17,22H,11-14H2,1H3,(H2,26,27,29). The zero-order valence-electron chi connectivity index (χ0n) is 17.7. The van der Waals surface area contributed by atoms with Gasteiger partial charge in [-0.3, -0.25) is 4.99 Å². The Labute approximate surface area is 185 Å². The molecule has 7 nitrogen and oxygen atoms in total. The second kappa shape index (κ2) is 10.1. The van der Waals surface area contributed by atoms with E-state index in [0.717, 1.165) is 24.2 Å². The van der Waals surface area contributed by atoms with E-state index in [0.29, 0.717) is 30.6 Å². The monoisotopic (exact) mass is 441 g/mol. The third kappa shape index (κ3) is 5.35. The molecule has 1 saturated heterocycles. The van der Waals surface area contributed by atoms with Crippen LogP contribution in [0.25, 0.3) is 11.5 Å². The number of hydrogen-bond acceptors (Lipinski definition) is 5. The molecule has 2 aromatic carbocycles. The fourth-order valence-corrected chi connectivity index (χ4v) is 3.67. The van der Waals surface area contributed by atoms with Crippen molar-refractivity contribution in [1.29, 1.82) is 0 Å². The molecule has 2 heterocycles. The summed E-state index contributed by atoms with van der Waals surface area (Å²) in [6.07, 6.45) is 2.46. The molecule has 32 heavy (non-hydrogen) atoms. The molecule has 0 spiro atoms. The van der Waals surface area contributed by atoms with Gasteiger partial charge in [0.2, 0.25) is 5.89 Å². The Bertz CT molecular complexity index is 1040. The fourth-order valence-electron chi connectivity index (χ4n) is 3.67. The van der Waals surface area contributed by atoms with Gasteiger partial charge in [0.25, 0.3) is 0 Å². The smallest absolute Gasteiger partial charge is 0.387 e. The van der Waals surface area contributed by atoms with Gasteiger partial charge in [-0.1, -0.05) is 30.3 Å². The minimum atomic E-state index is -2.85. The van der Waals surface area contributed by atoms with Crippen LogP contribution >= 0.6 is 0 Å². The summed E-state index contributed by atoms with van der Waals surface area (Å²) in [5.74, 6) is 1.39. The Morgan fingerprint density at radius 1 is 1.22 bits per heavy atom. The molecular weight excluding hydrogens is 416 g/mol. The predicted molar refractivity (Wildman–Crippen MR) is 119 cm³/mol. The average molecular weight is 441 g/mol. The molecule has 2 N–H and O–H groups in total. The van der Waals surface area contributed by atoms with E-state index < -0.39 is 6.61 Å². The first-order valence-electron chi connectivity index (χ1n) is 10.4. The zero-order valence-corrected chi connectivity index (χ0v) is 17.7. The van der Waals surface area contributed by atoms with Gasteiger partial charge in [-0.25, -0.2) is 4.98 Å². The second-order valence-electron chi connectivity index (χ2n) is 7.36. The minimum Gasteiger partial charge on any atom is -0.444 e. The molecule has 0 bridgehead atoms. The van der Waals surface area contributed by atoms with Gasteiger partial charge < -0.3 is 24.7 Å². The average Bonchev–Trinajstić information content (AvgIpc) is 3.47. The summed E-state index contributed by atoms with van der Waals surface area (Å²) in [7, 11) is 1.70. The molecular formula is C23H25F2N5O2. The van der Waals surface area contributed by atoms with Crippen molar-refractivity contribution in [3.05, 3.63) is 66.6 Å². The number of aromatic nitrogens is 1. The number of ether oxygens (including phenoxy) is 1. The van der Waals surface area contributed by atoms with E-state index in [2.05, 4.69) is 25.3 Å². The predicted octanol–water partition coefficient (Wildman–Crippen LogP) is 3.89. The number of nitrogens with zero attached hydrogens (tertiary/aromatic N) is 3. The SMILES string of the molecule is CN=C(NCc1coc(-c2ccccc2)n1)NC1CCN(c2ccccc2OC(F)F)C1. The Morgan fingerprint density at radius 3 is 2.78 bits per heavy atom. The minimum absolute atomic E-state index is 0.109. The van der Waals surface area contributed by atoms with E-state index in [1.807, 2.05) is 41.3 Å². The summed E-state index contributed by atoms with van der Waals surface area (Å²) in [6.45, 7) is -1.03. The zero-order chi connectivity index (χ0) is 22.3. The lowest BCUT2D eigenvalue weighted by atomic mass is 10.2. The number of aliphatic imine (C=N–C) groups is 1.